The van der Waals surface area contributed by atoms with Gasteiger partial charge in [-0.05, 0) is 53.0 Å². The molecule has 1 heterocycles. The highest BCUT2D eigenvalue weighted by molar-refractivity contribution is 7.98. The van der Waals surface area contributed by atoms with Crippen LogP contribution in [0.2, 0.25) is 0 Å². The SMILES string of the molecule is CSCCCC(=O)N1CCN(C(=O)OC(C)(C)C)[C@@H](C)[C@@H]1C. The lowest BCUT2D eigenvalue weighted by Gasteiger charge is -2.45. The van der Waals surface area contributed by atoms with Crippen LogP contribution in [0.4, 0.5) is 4.79 Å². The second-order valence-electron chi connectivity index (χ2n) is 6.84. The summed E-state index contributed by atoms with van der Waals surface area (Å²) in [5.74, 6) is 1.20. The van der Waals surface area contributed by atoms with Gasteiger partial charge in [-0.15, -0.1) is 0 Å². The molecule has 0 spiro atoms. The molecule has 0 aromatic carbocycles. The van der Waals surface area contributed by atoms with Crippen molar-refractivity contribution >= 4 is 23.8 Å². The average molecular weight is 330 g/mol. The van der Waals surface area contributed by atoms with Gasteiger partial charge in [0.2, 0.25) is 5.91 Å². The summed E-state index contributed by atoms with van der Waals surface area (Å²) in [6.07, 6.45) is 3.26. The van der Waals surface area contributed by atoms with Gasteiger partial charge in [0.15, 0.2) is 0 Å². The number of rotatable bonds is 4. The molecule has 0 saturated carbocycles. The summed E-state index contributed by atoms with van der Waals surface area (Å²) in [5.41, 5.74) is -0.495. The van der Waals surface area contributed by atoms with Crippen LogP contribution in [0.25, 0.3) is 0 Å². The number of piperazine rings is 1. The number of ether oxygens (including phenoxy) is 1. The van der Waals surface area contributed by atoms with Crippen LogP contribution in [0.3, 0.4) is 0 Å². The van der Waals surface area contributed by atoms with Crippen LogP contribution in [-0.4, -0.2) is 64.6 Å². The molecule has 1 saturated heterocycles. The van der Waals surface area contributed by atoms with Crippen molar-refractivity contribution in [2.75, 3.05) is 25.1 Å². The zero-order valence-electron chi connectivity index (χ0n) is 14.7. The normalized spacial score (nSPS) is 22.6. The maximum atomic E-state index is 12.3. The van der Waals surface area contributed by atoms with Gasteiger partial charge in [-0.25, -0.2) is 4.79 Å². The molecule has 0 N–H and O–H groups in total. The van der Waals surface area contributed by atoms with Gasteiger partial charge in [-0.2, -0.15) is 11.8 Å². The van der Waals surface area contributed by atoms with Gasteiger partial charge in [-0.3, -0.25) is 4.79 Å². The Morgan fingerprint density at radius 1 is 1.14 bits per heavy atom. The molecule has 0 bridgehead atoms. The molecule has 128 valence electrons. The molecule has 1 aliphatic heterocycles. The standard InChI is InChI=1S/C16H30N2O3S/c1-12-13(2)18(15(20)21-16(3,4)5)10-9-17(12)14(19)8-7-11-22-6/h12-13H,7-11H2,1-6H3/t12-,13-/m0/s1. The number of amides is 2. The Kier molecular flexibility index (Phi) is 7.03. The molecule has 2 atom stereocenters. The molecule has 0 aromatic rings. The molecule has 1 rings (SSSR count). The molecule has 0 unspecified atom stereocenters. The Hall–Kier alpha value is -0.910. The minimum Gasteiger partial charge on any atom is -0.444 e. The molecule has 0 radical (unpaired) electrons. The second kappa shape index (κ2) is 8.09. The smallest absolute Gasteiger partial charge is 0.410 e. The van der Waals surface area contributed by atoms with Crippen LogP contribution >= 0.6 is 11.8 Å². The van der Waals surface area contributed by atoms with E-state index in [9.17, 15) is 9.59 Å². The lowest BCUT2D eigenvalue weighted by atomic mass is 10.0. The summed E-state index contributed by atoms with van der Waals surface area (Å²) < 4.78 is 5.45. The van der Waals surface area contributed by atoms with Crippen molar-refractivity contribution in [3.05, 3.63) is 0 Å². The van der Waals surface area contributed by atoms with Crippen LogP contribution in [0.5, 0.6) is 0 Å². The van der Waals surface area contributed by atoms with E-state index in [1.807, 2.05) is 39.5 Å². The average Bonchev–Trinajstić information content (AvgIpc) is 2.39. The van der Waals surface area contributed by atoms with Crippen molar-refractivity contribution in [3.8, 4) is 0 Å². The minimum absolute atomic E-state index is 0.0167. The van der Waals surface area contributed by atoms with Crippen molar-refractivity contribution in [3.63, 3.8) is 0 Å². The van der Waals surface area contributed by atoms with E-state index in [1.54, 1.807) is 16.7 Å². The third-order valence-corrected chi connectivity index (χ3v) is 4.65. The van der Waals surface area contributed by atoms with Gasteiger partial charge in [0.25, 0.3) is 0 Å². The predicted octanol–water partition coefficient (Wildman–Crippen LogP) is 2.99. The number of carbonyl (C=O) groups is 2. The Balaban J connectivity index is 2.61. The first-order valence-corrected chi connectivity index (χ1v) is 9.34. The zero-order valence-corrected chi connectivity index (χ0v) is 15.5. The number of thioether (sulfide) groups is 1. The van der Waals surface area contributed by atoms with Gasteiger partial charge < -0.3 is 14.5 Å². The molecule has 0 aliphatic carbocycles. The monoisotopic (exact) mass is 330 g/mol. The molecular weight excluding hydrogens is 300 g/mol. The van der Waals surface area contributed by atoms with E-state index in [1.165, 1.54) is 0 Å². The number of hydrogen-bond acceptors (Lipinski definition) is 4. The van der Waals surface area contributed by atoms with Crippen molar-refractivity contribution in [2.24, 2.45) is 0 Å². The summed E-state index contributed by atoms with van der Waals surface area (Å²) in [6.45, 7) is 10.7. The Labute approximate surface area is 138 Å². The molecule has 5 nitrogen and oxygen atoms in total. The third kappa shape index (κ3) is 5.38. The Morgan fingerprint density at radius 2 is 1.68 bits per heavy atom. The summed E-state index contributed by atoms with van der Waals surface area (Å²) >= 11 is 1.76. The Morgan fingerprint density at radius 3 is 2.23 bits per heavy atom. The zero-order chi connectivity index (χ0) is 16.9. The maximum Gasteiger partial charge on any atom is 0.410 e. The van der Waals surface area contributed by atoms with Gasteiger partial charge in [0.05, 0.1) is 6.04 Å². The topological polar surface area (TPSA) is 49.9 Å². The predicted molar refractivity (Wildman–Crippen MR) is 91.2 cm³/mol. The highest BCUT2D eigenvalue weighted by Gasteiger charge is 2.37. The van der Waals surface area contributed by atoms with E-state index in [0.717, 1.165) is 12.2 Å². The molecule has 6 heteroatoms. The molecule has 2 amide bonds. The molecule has 22 heavy (non-hydrogen) atoms. The largest absolute Gasteiger partial charge is 0.444 e. The summed E-state index contributed by atoms with van der Waals surface area (Å²) in [6, 6.07) is -0.0175. The first kappa shape index (κ1) is 19.1. The van der Waals surface area contributed by atoms with Crippen molar-refractivity contribution < 1.29 is 14.3 Å². The maximum absolute atomic E-state index is 12.3. The van der Waals surface area contributed by atoms with Gasteiger partial charge in [0, 0.05) is 25.6 Å². The van der Waals surface area contributed by atoms with E-state index >= 15 is 0 Å². The van der Waals surface area contributed by atoms with Gasteiger partial charge in [-0.1, -0.05) is 0 Å². The lowest BCUT2D eigenvalue weighted by Crippen LogP contribution is -2.60. The van der Waals surface area contributed by atoms with Crippen molar-refractivity contribution in [2.45, 2.75) is 65.1 Å². The molecule has 1 aliphatic rings. The number of nitrogens with zero attached hydrogens (tertiary/aromatic N) is 2. The summed E-state index contributed by atoms with van der Waals surface area (Å²) in [4.78, 5) is 28.2. The van der Waals surface area contributed by atoms with E-state index in [4.69, 9.17) is 4.74 Å². The van der Waals surface area contributed by atoms with E-state index < -0.39 is 5.60 Å². The third-order valence-electron chi connectivity index (χ3n) is 3.95. The van der Waals surface area contributed by atoms with Crippen LogP contribution < -0.4 is 0 Å². The summed E-state index contributed by atoms with van der Waals surface area (Å²) in [7, 11) is 0. The van der Waals surface area contributed by atoms with Crippen molar-refractivity contribution in [1.82, 2.24) is 9.80 Å². The van der Waals surface area contributed by atoms with Gasteiger partial charge in [0.1, 0.15) is 5.60 Å². The Bertz CT molecular complexity index is 395. The molecule has 0 aromatic heterocycles. The first-order valence-electron chi connectivity index (χ1n) is 7.95. The lowest BCUT2D eigenvalue weighted by molar-refractivity contribution is -0.137. The van der Waals surface area contributed by atoms with E-state index in [2.05, 4.69) is 6.26 Å². The first-order chi connectivity index (χ1) is 10.2. The van der Waals surface area contributed by atoms with Crippen molar-refractivity contribution in [1.29, 1.82) is 0 Å². The van der Waals surface area contributed by atoms with Gasteiger partial charge >= 0.3 is 6.09 Å². The van der Waals surface area contributed by atoms with Crippen LogP contribution in [0, 0.1) is 0 Å². The van der Waals surface area contributed by atoms with Crippen LogP contribution in [0.1, 0.15) is 47.5 Å². The summed E-state index contributed by atoms with van der Waals surface area (Å²) in [5, 5.41) is 0. The van der Waals surface area contributed by atoms with Crippen LogP contribution in [0.15, 0.2) is 0 Å². The van der Waals surface area contributed by atoms with Crippen LogP contribution in [-0.2, 0) is 9.53 Å². The fourth-order valence-corrected chi connectivity index (χ4v) is 3.02. The number of carbonyl (C=O) groups excluding carboxylic acids is 2. The fourth-order valence-electron chi connectivity index (χ4n) is 2.58. The second-order valence-corrected chi connectivity index (χ2v) is 7.82. The minimum atomic E-state index is -0.495. The van der Waals surface area contributed by atoms with E-state index in [-0.39, 0.29) is 24.1 Å². The van der Waals surface area contributed by atoms with E-state index in [0.29, 0.717) is 19.5 Å². The molecular formula is C16H30N2O3S. The number of hydrogen-bond donors (Lipinski definition) is 0. The quantitative estimate of drug-likeness (QED) is 0.744. The highest BCUT2D eigenvalue weighted by Crippen LogP contribution is 2.21. The highest BCUT2D eigenvalue weighted by atomic mass is 32.2. The fraction of sp³-hybridized carbons (Fsp3) is 0.875. The molecule has 1 fully saturated rings.